The number of carboxylic acid groups (broad SMARTS) is 1. The number of carbonyl (C=O) groups is 2. The summed E-state index contributed by atoms with van der Waals surface area (Å²) in [5, 5.41) is 16.0. The van der Waals surface area contributed by atoms with Gasteiger partial charge >= 0.3 is 5.97 Å². The molecule has 0 bridgehead atoms. The van der Waals surface area contributed by atoms with Gasteiger partial charge in [0.15, 0.2) is 0 Å². The number of nitrogens with zero attached hydrogens (tertiary/aromatic N) is 2. The number of aliphatic carboxylic acids is 1. The fourth-order valence-electron chi connectivity index (χ4n) is 2.72. The van der Waals surface area contributed by atoms with Crippen molar-refractivity contribution >= 4 is 11.9 Å². The van der Waals surface area contributed by atoms with Crippen molar-refractivity contribution in [3.63, 3.8) is 0 Å². The van der Waals surface area contributed by atoms with Gasteiger partial charge in [0.1, 0.15) is 5.54 Å². The summed E-state index contributed by atoms with van der Waals surface area (Å²) in [5.74, 6) is -0.593. The number of carboxylic acids is 1. The standard InChI is InChI=1S/C17H19N3O5/c21-13(19-17(16(22)23)8-10-24-11-9-17)6-7-14-18-15(20-25-14)12-4-2-1-3-5-12/h1-5H,6-11H2,(H,19,21)(H,22,23). The Balaban J connectivity index is 1.57. The molecule has 132 valence electrons. The van der Waals surface area contributed by atoms with Gasteiger partial charge in [-0.15, -0.1) is 0 Å². The minimum atomic E-state index is -1.25. The van der Waals surface area contributed by atoms with Crippen LogP contribution in [-0.2, 0) is 20.7 Å². The Bertz CT molecular complexity index is 738. The molecule has 1 amide bonds. The van der Waals surface area contributed by atoms with Crippen molar-refractivity contribution in [2.45, 2.75) is 31.2 Å². The van der Waals surface area contributed by atoms with E-state index in [1.165, 1.54) is 0 Å². The van der Waals surface area contributed by atoms with Gasteiger partial charge < -0.3 is 19.7 Å². The molecule has 25 heavy (non-hydrogen) atoms. The van der Waals surface area contributed by atoms with Crippen molar-refractivity contribution in [1.29, 1.82) is 0 Å². The minimum absolute atomic E-state index is 0.0757. The van der Waals surface area contributed by atoms with E-state index in [0.717, 1.165) is 5.56 Å². The molecule has 0 saturated carbocycles. The molecular weight excluding hydrogens is 326 g/mol. The Morgan fingerprint density at radius 1 is 1.20 bits per heavy atom. The molecule has 2 heterocycles. The zero-order chi connectivity index (χ0) is 17.7. The summed E-state index contributed by atoms with van der Waals surface area (Å²) in [6, 6.07) is 9.37. The maximum absolute atomic E-state index is 12.2. The van der Waals surface area contributed by atoms with Gasteiger partial charge in [-0.25, -0.2) is 4.79 Å². The van der Waals surface area contributed by atoms with E-state index < -0.39 is 11.5 Å². The molecule has 3 rings (SSSR count). The summed E-state index contributed by atoms with van der Waals surface area (Å²) < 4.78 is 10.3. The van der Waals surface area contributed by atoms with Crippen LogP contribution in [0, 0.1) is 0 Å². The molecule has 0 aliphatic carbocycles. The van der Waals surface area contributed by atoms with Crippen LogP contribution in [0.25, 0.3) is 11.4 Å². The van der Waals surface area contributed by atoms with E-state index in [1.807, 2.05) is 30.3 Å². The predicted molar refractivity (Wildman–Crippen MR) is 86.6 cm³/mol. The van der Waals surface area contributed by atoms with Gasteiger partial charge in [0.2, 0.25) is 17.6 Å². The Hall–Kier alpha value is -2.74. The molecule has 2 aromatic rings. The largest absolute Gasteiger partial charge is 0.480 e. The summed E-state index contributed by atoms with van der Waals surface area (Å²) in [5.41, 5.74) is -0.423. The van der Waals surface area contributed by atoms with Crippen LogP contribution in [0.3, 0.4) is 0 Å². The third-order valence-electron chi connectivity index (χ3n) is 4.20. The molecule has 8 heteroatoms. The Labute approximate surface area is 144 Å². The lowest BCUT2D eigenvalue weighted by atomic mass is 9.90. The highest BCUT2D eigenvalue weighted by Gasteiger charge is 2.41. The molecule has 1 aromatic carbocycles. The van der Waals surface area contributed by atoms with Gasteiger partial charge in [0, 0.05) is 44.5 Å². The Morgan fingerprint density at radius 2 is 1.92 bits per heavy atom. The predicted octanol–water partition coefficient (Wildman–Crippen LogP) is 1.42. The Kier molecular flexibility index (Phi) is 5.08. The molecule has 2 N–H and O–H groups in total. The van der Waals surface area contributed by atoms with Crippen molar-refractivity contribution in [2.24, 2.45) is 0 Å². The van der Waals surface area contributed by atoms with Gasteiger partial charge in [-0.3, -0.25) is 4.79 Å². The van der Waals surface area contributed by atoms with Crippen LogP contribution in [-0.4, -0.2) is 45.9 Å². The summed E-state index contributed by atoms with van der Waals surface area (Å²) in [6.07, 6.45) is 0.837. The number of rotatable bonds is 6. The molecular formula is C17H19N3O5. The monoisotopic (exact) mass is 345 g/mol. The SMILES string of the molecule is O=C(CCc1nc(-c2ccccc2)no1)NC1(C(=O)O)CCOCC1. The van der Waals surface area contributed by atoms with Crippen molar-refractivity contribution in [3.05, 3.63) is 36.2 Å². The van der Waals surface area contributed by atoms with Gasteiger partial charge in [-0.05, 0) is 0 Å². The second-order valence-corrected chi connectivity index (χ2v) is 5.93. The van der Waals surface area contributed by atoms with E-state index in [9.17, 15) is 14.7 Å². The number of aromatic nitrogens is 2. The number of carbonyl (C=O) groups excluding carboxylic acids is 1. The number of hydrogen-bond donors (Lipinski definition) is 2. The molecule has 1 aromatic heterocycles. The van der Waals surface area contributed by atoms with Crippen LogP contribution < -0.4 is 5.32 Å². The molecule has 1 aliphatic heterocycles. The molecule has 0 spiro atoms. The lowest BCUT2D eigenvalue weighted by molar-refractivity contribution is -0.152. The normalized spacial score (nSPS) is 16.3. The second-order valence-electron chi connectivity index (χ2n) is 5.93. The number of ether oxygens (including phenoxy) is 1. The molecule has 0 atom stereocenters. The van der Waals surface area contributed by atoms with E-state index in [2.05, 4.69) is 15.5 Å². The molecule has 1 saturated heterocycles. The van der Waals surface area contributed by atoms with Crippen molar-refractivity contribution in [2.75, 3.05) is 13.2 Å². The van der Waals surface area contributed by atoms with Crippen LogP contribution in [0.5, 0.6) is 0 Å². The first-order chi connectivity index (χ1) is 12.1. The fraction of sp³-hybridized carbons (Fsp3) is 0.412. The zero-order valence-corrected chi connectivity index (χ0v) is 13.6. The highest BCUT2D eigenvalue weighted by Crippen LogP contribution is 2.21. The van der Waals surface area contributed by atoms with Crippen molar-refractivity contribution < 1.29 is 24.0 Å². The zero-order valence-electron chi connectivity index (χ0n) is 13.6. The topological polar surface area (TPSA) is 115 Å². The first-order valence-electron chi connectivity index (χ1n) is 8.09. The van der Waals surface area contributed by atoms with Crippen LogP contribution in [0.2, 0.25) is 0 Å². The van der Waals surface area contributed by atoms with Gasteiger partial charge in [-0.1, -0.05) is 35.5 Å². The van der Waals surface area contributed by atoms with E-state index >= 15 is 0 Å². The number of aryl methyl sites for hydroxylation is 1. The average molecular weight is 345 g/mol. The lowest BCUT2D eigenvalue weighted by Crippen LogP contribution is -2.57. The highest BCUT2D eigenvalue weighted by molar-refractivity contribution is 5.87. The smallest absolute Gasteiger partial charge is 0.329 e. The number of amides is 1. The summed E-state index contributed by atoms with van der Waals surface area (Å²) in [4.78, 5) is 28.0. The van der Waals surface area contributed by atoms with Crippen LogP contribution >= 0.6 is 0 Å². The highest BCUT2D eigenvalue weighted by atomic mass is 16.5. The van der Waals surface area contributed by atoms with E-state index in [1.54, 1.807) is 0 Å². The number of benzene rings is 1. The van der Waals surface area contributed by atoms with Crippen LogP contribution in [0.1, 0.15) is 25.2 Å². The summed E-state index contributed by atoms with van der Waals surface area (Å²) in [7, 11) is 0. The summed E-state index contributed by atoms with van der Waals surface area (Å²) in [6.45, 7) is 0.632. The van der Waals surface area contributed by atoms with Crippen molar-refractivity contribution in [3.8, 4) is 11.4 Å². The molecule has 8 nitrogen and oxygen atoms in total. The lowest BCUT2D eigenvalue weighted by Gasteiger charge is -2.33. The third-order valence-corrected chi connectivity index (χ3v) is 4.20. The molecule has 1 fully saturated rings. The van der Waals surface area contributed by atoms with E-state index in [-0.39, 0.29) is 31.6 Å². The molecule has 0 unspecified atom stereocenters. The molecule has 1 aliphatic rings. The van der Waals surface area contributed by atoms with E-state index in [4.69, 9.17) is 9.26 Å². The van der Waals surface area contributed by atoms with Gasteiger partial charge in [-0.2, -0.15) is 4.98 Å². The average Bonchev–Trinajstić information content (AvgIpc) is 3.10. The number of hydrogen-bond acceptors (Lipinski definition) is 6. The summed E-state index contributed by atoms with van der Waals surface area (Å²) >= 11 is 0. The first kappa shape index (κ1) is 17.1. The quantitative estimate of drug-likeness (QED) is 0.813. The van der Waals surface area contributed by atoms with Crippen LogP contribution in [0.4, 0.5) is 0 Å². The maximum Gasteiger partial charge on any atom is 0.329 e. The third kappa shape index (κ3) is 4.03. The second kappa shape index (κ2) is 7.43. The van der Waals surface area contributed by atoms with Gasteiger partial charge in [0.25, 0.3) is 0 Å². The fourth-order valence-corrected chi connectivity index (χ4v) is 2.72. The molecule has 0 radical (unpaired) electrons. The number of nitrogens with one attached hydrogen (secondary N) is 1. The maximum atomic E-state index is 12.2. The van der Waals surface area contributed by atoms with E-state index in [0.29, 0.717) is 24.9 Å². The van der Waals surface area contributed by atoms with Crippen LogP contribution in [0.15, 0.2) is 34.9 Å². The Morgan fingerprint density at radius 3 is 2.60 bits per heavy atom. The minimum Gasteiger partial charge on any atom is -0.480 e. The van der Waals surface area contributed by atoms with Crippen molar-refractivity contribution in [1.82, 2.24) is 15.5 Å². The van der Waals surface area contributed by atoms with Gasteiger partial charge in [0.05, 0.1) is 0 Å². The first-order valence-corrected chi connectivity index (χ1v) is 8.09.